The molecular formula is C17H20N3O2+. The molecule has 5 heteroatoms. The monoisotopic (exact) mass is 298 g/mol. The molecule has 0 radical (unpaired) electrons. The normalized spacial score (nSPS) is 11.5. The second-order valence-corrected chi connectivity index (χ2v) is 4.88. The lowest BCUT2D eigenvalue weighted by Crippen LogP contribution is -2.86. The minimum atomic E-state index is -0.501. The molecule has 22 heavy (non-hydrogen) atoms. The van der Waals surface area contributed by atoms with E-state index in [1.807, 2.05) is 66.0 Å². The van der Waals surface area contributed by atoms with E-state index in [-0.39, 0.29) is 5.91 Å². The van der Waals surface area contributed by atoms with Gasteiger partial charge in [-0.05, 0) is 0 Å². The second-order valence-electron chi connectivity index (χ2n) is 4.88. The molecule has 0 aromatic heterocycles. The number of quaternary nitrogens is 1. The highest BCUT2D eigenvalue weighted by atomic mass is 16.2. The zero-order chi connectivity index (χ0) is 15.8. The molecule has 0 saturated carbocycles. The Morgan fingerprint density at radius 1 is 1.00 bits per heavy atom. The zero-order valence-corrected chi connectivity index (χ0v) is 12.5. The van der Waals surface area contributed by atoms with Crippen LogP contribution in [-0.4, -0.2) is 19.0 Å². The van der Waals surface area contributed by atoms with E-state index < -0.39 is 12.1 Å². The highest BCUT2D eigenvalue weighted by molar-refractivity contribution is 5.96. The number of nitrogens with one attached hydrogen (secondary N) is 2. The second kappa shape index (κ2) is 7.95. The van der Waals surface area contributed by atoms with Crippen molar-refractivity contribution in [3.63, 3.8) is 0 Å². The highest BCUT2D eigenvalue weighted by Crippen LogP contribution is 2.09. The minimum absolute atomic E-state index is 0.332. The number of benzene rings is 2. The van der Waals surface area contributed by atoms with Crippen molar-refractivity contribution in [3.05, 3.63) is 71.8 Å². The predicted octanol–water partition coefficient (Wildman–Crippen LogP) is 0.947. The molecule has 0 bridgehead atoms. The summed E-state index contributed by atoms with van der Waals surface area (Å²) in [6, 6.07) is 18.4. The van der Waals surface area contributed by atoms with Crippen molar-refractivity contribution in [1.82, 2.24) is 10.6 Å². The summed E-state index contributed by atoms with van der Waals surface area (Å²) < 4.78 is 0. The fourth-order valence-corrected chi connectivity index (χ4v) is 2.18. The van der Waals surface area contributed by atoms with E-state index in [0.717, 1.165) is 11.1 Å². The molecule has 0 spiro atoms. The number of rotatable bonds is 5. The van der Waals surface area contributed by atoms with Gasteiger partial charge in [0.25, 0.3) is 5.91 Å². The Morgan fingerprint density at radius 3 is 2.18 bits per heavy atom. The van der Waals surface area contributed by atoms with Gasteiger partial charge < -0.3 is 10.6 Å². The smallest absolute Gasteiger partial charge is 0.321 e. The third kappa shape index (κ3) is 4.43. The van der Waals surface area contributed by atoms with Gasteiger partial charge in [-0.3, -0.25) is 10.1 Å². The highest BCUT2D eigenvalue weighted by Gasteiger charge is 2.25. The van der Waals surface area contributed by atoms with E-state index in [0.29, 0.717) is 6.54 Å². The number of carbonyl (C=O) groups is 2. The van der Waals surface area contributed by atoms with Crippen molar-refractivity contribution >= 4 is 11.9 Å². The molecule has 2 aromatic carbocycles. The van der Waals surface area contributed by atoms with Crippen molar-refractivity contribution in [3.8, 4) is 0 Å². The number of hydrogen-bond acceptors (Lipinski definition) is 2. The van der Waals surface area contributed by atoms with E-state index in [9.17, 15) is 9.59 Å². The van der Waals surface area contributed by atoms with Gasteiger partial charge in [0.1, 0.15) is 6.54 Å². The topological polar surface area (TPSA) is 74.8 Å². The number of amides is 3. The Kier molecular flexibility index (Phi) is 5.68. The molecule has 3 amide bonds. The summed E-state index contributed by atoms with van der Waals surface area (Å²) in [5.41, 5.74) is 1.98. The molecule has 0 aliphatic carbocycles. The summed E-state index contributed by atoms with van der Waals surface area (Å²) in [6.07, 6.45) is 0. The summed E-state index contributed by atoms with van der Waals surface area (Å²) in [4.78, 5) is 23.7. The van der Waals surface area contributed by atoms with Crippen molar-refractivity contribution in [2.24, 2.45) is 0 Å². The standard InChI is InChI=1S/C17H19N3O2/c1-18-17(22)20-16(21)15(14-10-6-3-7-11-14)19-12-13-8-4-2-5-9-13/h2-11,15,19H,12H2,1H3,(H2,18,20,21,22)/p+1/t15-/m1/s1. The largest absolute Gasteiger partial charge is 0.341 e. The molecule has 0 heterocycles. The molecule has 0 unspecified atom stereocenters. The average Bonchev–Trinajstić information content (AvgIpc) is 2.57. The summed E-state index contributed by atoms with van der Waals surface area (Å²) >= 11 is 0. The molecule has 0 saturated heterocycles. The van der Waals surface area contributed by atoms with Gasteiger partial charge in [0.05, 0.1) is 0 Å². The number of imide groups is 1. The quantitative estimate of drug-likeness (QED) is 0.769. The van der Waals surface area contributed by atoms with E-state index in [2.05, 4.69) is 10.6 Å². The van der Waals surface area contributed by atoms with Crippen LogP contribution >= 0.6 is 0 Å². The van der Waals surface area contributed by atoms with E-state index in [1.165, 1.54) is 7.05 Å². The van der Waals surface area contributed by atoms with Gasteiger partial charge in [-0.25, -0.2) is 4.79 Å². The van der Waals surface area contributed by atoms with Gasteiger partial charge in [0.15, 0.2) is 6.04 Å². The summed E-state index contributed by atoms with van der Waals surface area (Å²) in [7, 11) is 1.48. The Balaban J connectivity index is 2.11. The van der Waals surface area contributed by atoms with E-state index in [1.54, 1.807) is 0 Å². The lowest BCUT2D eigenvalue weighted by Gasteiger charge is -2.15. The first kappa shape index (κ1) is 15.7. The molecule has 5 nitrogen and oxygen atoms in total. The van der Waals surface area contributed by atoms with Crippen LogP contribution in [0.3, 0.4) is 0 Å². The number of hydrogen-bond donors (Lipinski definition) is 3. The summed E-state index contributed by atoms with van der Waals surface area (Å²) in [6.45, 7) is 0.654. The molecule has 4 N–H and O–H groups in total. The summed E-state index contributed by atoms with van der Waals surface area (Å²) in [5, 5.41) is 6.66. The average molecular weight is 298 g/mol. The molecule has 1 atom stereocenters. The van der Waals surface area contributed by atoms with Crippen LogP contribution in [0.1, 0.15) is 17.2 Å². The van der Waals surface area contributed by atoms with Crippen molar-refractivity contribution in [2.45, 2.75) is 12.6 Å². The van der Waals surface area contributed by atoms with Gasteiger partial charge in [0, 0.05) is 18.2 Å². The van der Waals surface area contributed by atoms with E-state index in [4.69, 9.17) is 0 Å². The van der Waals surface area contributed by atoms with Crippen LogP contribution in [0.4, 0.5) is 4.79 Å². The first-order chi connectivity index (χ1) is 10.7. The number of urea groups is 1. The van der Waals surface area contributed by atoms with Crippen molar-refractivity contribution < 1.29 is 14.9 Å². The van der Waals surface area contributed by atoms with Crippen LogP contribution in [0.25, 0.3) is 0 Å². The minimum Gasteiger partial charge on any atom is -0.341 e. The maximum Gasteiger partial charge on any atom is 0.321 e. The maximum absolute atomic E-state index is 12.3. The molecule has 0 fully saturated rings. The van der Waals surface area contributed by atoms with Crippen LogP contribution in [0, 0.1) is 0 Å². The van der Waals surface area contributed by atoms with Gasteiger partial charge >= 0.3 is 6.03 Å². The Morgan fingerprint density at radius 2 is 1.59 bits per heavy atom. The number of carbonyl (C=O) groups excluding carboxylic acids is 2. The fraction of sp³-hybridized carbons (Fsp3) is 0.176. The van der Waals surface area contributed by atoms with Gasteiger partial charge in [-0.2, -0.15) is 0 Å². The van der Waals surface area contributed by atoms with Gasteiger partial charge in [-0.1, -0.05) is 60.7 Å². The molecule has 0 aliphatic rings. The molecule has 0 aliphatic heterocycles. The van der Waals surface area contributed by atoms with Crippen LogP contribution in [-0.2, 0) is 11.3 Å². The Bertz CT molecular complexity index is 614. The van der Waals surface area contributed by atoms with Crippen molar-refractivity contribution in [1.29, 1.82) is 0 Å². The molecule has 2 aromatic rings. The summed E-state index contributed by atoms with van der Waals surface area (Å²) in [5.74, 6) is -0.332. The molecule has 2 rings (SSSR count). The Labute approximate surface area is 129 Å². The maximum atomic E-state index is 12.3. The predicted molar refractivity (Wildman–Crippen MR) is 83.9 cm³/mol. The third-order valence-corrected chi connectivity index (χ3v) is 3.34. The molecule has 114 valence electrons. The first-order valence-corrected chi connectivity index (χ1v) is 7.15. The van der Waals surface area contributed by atoms with Crippen LogP contribution in [0.15, 0.2) is 60.7 Å². The third-order valence-electron chi connectivity index (χ3n) is 3.34. The van der Waals surface area contributed by atoms with Crippen molar-refractivity contribution in [2.75, 3.05) is 7.05 Å². The van der Waals surface area contributed by atoms with Crippen LogP contribution in [0.5, 0.6) is 0 Å². The molecular weight excluding hydrogens is 278 g/mol. The first-order valence-electron chi connectivity index (χ1n) is 7.15. The van der Waals surface area contributed by atoms with E-state index >= 15 is 0 Å². The lowest BCUT2D eigenvalue weighted by atomic mass is 10.1. The van der Waals surface area contributed by atoms with Crippen LogP contribution in [0.2, 0.25) is 0 Å². The number of nitrogens with two attached hydrogens (primary N) is 1. The lowest BCUT2D eigenvalue weighted by molar-refractivity contribution is -0.698. The SMILES string of the molecule is CNC(=O)NC(=O)[C@H]([NH2+]Cc1ccccc1)c1ccccc1. The Hall–Kier alpha value is -2.66. The zero-order valence-electron chi connectivity index (χ0n) is 12.5. The van der Waals surface area contributed by atoms with Crippen LogP contribution < -0.4 is 16.0 Å². The fourth-order valence-electron chi connectivity index (χ4n) is 2.18. The van der Waals surface area contributed by atoms with Gasteiger partial charge in [0.2, 0.25) is 0 Å². The van der Waals surface area contributed by atoms with Gasteiger partial charge in [-0.15, -0.1) is 0 Å².